The highest BCUT2D eigenvalue weighted by Crippen LogP contribution is 2.25. The summed E-state index contributed by atoms with van der Waals surface area (Å²) in [5.74, 6) is -2.60. The largest absolute Gasteiger partial charge is 0.547 e. The van der Waals surface area contributed by atoms with E-state index >= 15 is 0 Å². The van der Waals surface area contributed by atoms with Gasteiger partial charge < -0.3 is 36.5 Å². The quantitative estimate of drug-likeness (QED) is 0.317. The molecule has 0 aromatic rings. The lowest BCUT2D eigenvalue weighted by Crippen LogP contribution is -2.53. The SMILES string of the molecule is O=C([O-])C1(O)C=C(O)C(O)[C@H](O)C1.[NH4+]. The molecule has 0 saturated carbocycles. The third kappa shape index (κ3) is 2.02. The zero-order chi connectivity index (χ0) is 10.2. The van der Waals surface area contributed by atoms with E-state index in [0.29, 0.717) is 6.08 Å². The molecule has 14 heavy (non-hydrogen) atoms. The summed E-state index contributed by atoms with van der Waals surface area (Å²) in [5, 5.41) is 46.5. The number of aliphatic hydroxyl groups excluding tert-OH is 3. The molecule has 1 aliphatic rings. The van der Waals surface area contributed by atoms with E-state index in [0.717, 1.165) is 0 Å². The molecule has 0 amide bonds. The Hall–Kier alpha value is -1.15. The Balaban J connectivity index is 0.00000169. The number of carbonyl (C=O) groups is 1. The average Bonchev–Trinajstić information content (AvgIpc) is 2.00. The van der Waals surface area contributed by atoms with Crippen LogP contribution in [0.1, 0.15) is 6.42 Å². The van der Waals surface area contributed by atoms with Crippen molar-refractivity contribution in [2.45, 2.75) is 24.2 Å². The summed E-state index contributed by atoms with van der Waals surface area (Å²) < 4.78 is 0. The monoisotopic (exact) mass is 207 g/mol. The second-order valence-corrected chi connectivity index (χ2v) is 3.00. The van der Waals surface area contributed by atoms with Gasteiger partial charge in [0.05, 0.1) is 12.1 Å². The summed E-state index contributed by atoms with van der Waals surface area (Å²) >= 11 is 0. The van der Waals surface area contributed by atoms with E-state index in [1.807, 2.05) is 0 Å². The van der Waals surface area contributed by atoms with Crippen molar-refractivity contribution >= 4 is 5.97 Å². The number of carboxylic acid groups (broad SMARTS) is 1. The summed E-state index contributed by atoms with van der Waals surface area (Å²) in [4.78, 5) is 10.4. The molecule has 0 spiro atoms. The normalized spacial score (nSPS) is 36.9. The first-order chi connectivity index (χ1) is 5.87. The maximum absolute atomic E-state index is 10.4. The van der Waals surface area contributed by atoms with Crippen LogP contribution in [-0.4, -0.2) is 44.2 Å². The molecular formula is C7H13NO6. The zero-order valence-corrected chi connectivity index (χ0v) is 7.54. The molecule has 0 aromatic heterocycles. The molecule has 1 rings (SSSR count). The minimum absolute atomic E-state index is 0. The first kappa shape index (κ1) is 12.8. The number of carboxylic acids is 1. The molecule has 0 saturated heterocycles. The van der Waals surface area contributed by atoms with Crippen LogP contribution in [0.3, 0.4) is 0 Å². The Kier molecular flexibility index (Phi) is 3.60. The van der Waals surface area contributed by atoms with E-state index in [1.54, 1.807) is 0 Å². The molecule has 0 heterocycles. The highest BCUT2D eigenvalue weighted by atomic mass is 16.4. The first-order valence-corrected chi connectivity index (χ1v) is 3.58. The van der Waals surface area contributed by atoms with Gasteiger partial charge in [-0.3, -0.25) is 0 Å². The second kappa shape index (κ2) is 3.93. The van der Waals surface area contributed by atoms with Crippen molar-refractivity contribution in [3.8, 4) is 0 Å². The fourth-order valence-electron chi connectivity index (χ4n) is 1.16. The molecule has 0 radical (unpaired) electrons. The standard InChI is InChI=1S/C7H10O6.H3N/c8-3-1-7(13,6(11)12)2-4(9)5(3)10;/h1,4-5,8-10,13H,2H2,(H,11,12);1H3/t4-,5?,7?;/m1./s1. The Labute approximate surface area is 79.5 Å². The van der Waals surface area contributed by atoms with Gasteiger partial charge in [0, 0.05) is 6.42 Å². The molecule has 8 N–H and O–H groups in total. The highest BCUT2D eigenvalue weighted by Gasteiger charge is 2.39. The van der Waals surface area contributed by atoms with Crippen molar-refractivity contribution in [3.63, 3.8) is 0 Å². The van der Waals surface area contributed by atoms with Crippen molar-refractivity contribution in [1.82, 2.24) is 6.15 Å². The van der Waals surface area contributed by atoms with Crippen molar-refractivity contribution in [3.05, 3.63) is 11.8 Å². The molecule has 0 bridgehead atoms. The van der Waals surface area contributed by atoms with Gasteiger partial charge in [-0.2, -0.15) is 0 Å². The van der Waals surface area contributed by atoms with Crippen LogP contribution in [-0.2, 0) is 4.79 Å². The fourth-order valence-corrected chi connectivity index (χ4v) is 1.16. The van der Waals surface area contributed by atoms with E-state index in [1.165, 1.54) is 0 Å². The number of aliphatic hydroxyl groups is 4. The van der Waals surface area contributed by atoms with Crippen molar-refractivity contribution in [1.29, 1.82) is 0 Å². The number of carbonyl (C=O) groups excluding carboxylic acids is 1. The Morgan fingerprint density at radius 1 is 1.57 bits per heavy atom. The lowest BCUT2D eigenvalue weighted by atomic mass is 9.86. The predicted molar refractivity (Wildman–Crippen MR) is 43.3 cm³/mol. The Morgan fingerprint density at radius 3 is 2.43 bits per heavy atom. The van der Waals surface area contributed by atoms with Crippen molar-refractivity contribution < 1.29 is 30.3 Å². The van der Waals surface area contributed by atoms with Gasteiger partial charge in [0.1, 0.15) is 17.5 Å². The van der Waals surface area contributed by atoms with Crippen LogP contribution in [0.25, 0.3) is 0 Å². The maximum Gasteiger partial charge on any atom is 0.136 e. The van der Waals surface area contributed by atoms with Gasteiger partial charge in [-0.05, 0) is 6.08 Å². The zero-order valence-electron chi connectivity index (χ0n) is 7.54. The van der Waals surface area contributed by atoms with Gasteiger partial charge in [0.15, 0.2) is 0 Å². The second-order valence-electron chi connectivity index (χ2n) is 3.00. The van der Waals surface area contributed by atoms with Crippen LogP contribution in [0.15, 0.2) is 11.8 Å². The predicted octanol–water partition coefficient (Wildman–Crippen LogP) is -2.59. The van der Waals surface area contributed by atoms with Crippen molar-refractivity contribution in [2.75, 3.05) is 0 Å². The van der Waals surface area contributed by atoms with Gasteiger partial charge in [-0.15, -0.1) is 0 Å². The van der Waals surface area contributed by atoms with Crippen LogP contribution >= 0.6 is 0 Å². The topological polar surface area (TPSA) is 158 Å². The molecule has 1 aliphatic carbocycles. The number of aliphatic carboxylic acids is 1. The van der Waals surface area contributed by atoms with Gasteiger partial charge in [-0.1, -0.05) is 0 Å². The van der Waals surface area contributed by atoms with Crippen molar-refractivity contribution in [2.24, 2.45) is 0 Å². The fraction of sp³-hybridized carbons (Fsp3) is 0.571. The minimum atomic E-state index is -2.41. The molecule has 7 heteroatoms. The number of rotatable bonds is 1. The molecule has 0 aromatic carbocycles. The number of hydrogen-bond donors (Lipinski definition) is 5. The summed E-state index contributed by atoms with van der Waals surface area (Å²) in [5.41, 5.74) is -2.41. The third-order valence-electron chi connectivity index (χ3n) is 1.93. The van der Waals surface area contributed by atoms with Crippen LogP contribution in [0, 0.1) is 0 Å². The van der Waals surface area contributed by atoms with Gasteiger partial charge in [-0.25, -0.2) is 0 Å². The summed E-state index contributed by atoms with van der Waals surface area (Å²) in [6.45, 7) is 0. The molecule has 82 valence electrons. The third-order valence-corrected chi connectivity index (χ3v) is 1.93. The van der Waals surface area contributed by atoms with Gasteiger partial charge in [0.2, 0.25) is 0 Å². The first-order valence-electron chi connectivity index (χ1n) is 3.58. The number of hydrogen-bond acceptors (Lipinski definition) is 6. The van der Waals surface area contributed by atoms with Crippen LogP contribution in [0.4, 0.5) is 0 Å². The van der Waals surface area contributed by atoms with Gasteiger partial charge >= 0.3 is 0 Å². The Bertz CT molecular complexity index is 265. The lowest BCUT2D eigenvalue weighted by molar-refractivity contribution is -0.323. The van der Waals surface area contributed by atoms with Crippen LogP contribution < -0.4 is 11.3 Å². The summed E-state index contributed by atoms with van der Waals surface area (Å²) in [6, 6.07) is 0. The summed E-state index contributed by atoms with van der Waals surface area (Å²) in [7, 11) is 0. The molecule has 0 aliphatic heterocycles. The number of quaternary nitrogens is 1. The molecule has 7 nitrogen and oxygen atoms in total. The average molecular weight is 207 g/mol. The van der Waals surface area contributed by atoms with Gasteiger partial charge in [0.25, 0.3) is 0 Å². The van der Waals surface area contributed by atoms with E-state index in [9.17, 15) is 15.0 Å². The van der Waals surface area contributed by atoms with E-state index in [-0.39, 0.29) is 6.15 Å². The molecule has 0 fully saturated rings. The van der Waals surface area contributed by atoms with Crippen LogP contribution in [0.5, 0.6) is 0 Å². The highest BCUT2D eigenvalue weighted by molar-refractivity contribution is 5.78. The van der Waals surface area contributed by atoms with E-state index < -0.39 is 36.0 Å². The minimum Gasteiger partial charge on any atom is -0.547 e. The van der Waals surface area contributed by atoms with E-state index in [4.69, 9.17) is 15.3 Å². The smallest absolute Gasteiger partial charge is 0.136 e. The summed E-state index contributed by atoms with van der Waals surface area (Å²) in [6.07, 6.45) is -3.13. The maximum atomic E-state index is 10.4. The Morgan fingerprint density at radius 2 is 2.07 bits per heavy atom. The molecule has 3 atom stereocenters. The molecule has 2 unspecified atom stereocenters. The molecular weight excluding hydrogens is 194 g/mol. The lowest BCUT2D eigenvalue weighted by Gasteiger charge is -2.34. The van der Waals surface area contributed by atoms with Crippen LogP contribution in [0.2, 0.25) is 0 Å². The van der Waals surface area contributed by atoms with E-state index in [2.05, 4.69) is 0 Å².